The second-order valence-corrected chi connectivity index (χ2v) is 9.93. The van der Waals surface area contributed by atoms with Crippen LogP contribution in [0.2, 0.25) is 0 Å². The fourth-order valence-electron chi connectivity index (χ4n) is 4.78. The number of hydrogen-bond acceptors (Lipinski definition) is 8. The minimum atomic E-state index is -2.38. The van der Waals surface area contributed by atoms with Gasteiger partial charge in [0.05, 0.1) is 11.7 Å². The van der Waals surface area contributed by atoms with Crippen molar-refractivity contribution >= 4 is 11.6 Å². The summed E-state index contributed by atoms with van der Waals surface area (Å²) in [5.74, 6) is 1.45. The van der Waals surface area contributed by atoms with Crippen molar-refractivity contribution < 1.29 is 19.0 Å². The van der Waals surface area contributed by atoms with E-state index in [4.69, 9.17) is 4.98 Å². The van der Waals surface area contributed by atoms with Crippen LogP contribution in [-0.4, -0.2) is 75.0 Å². The Labute approximate surface area is 228 Å². The largest absolute Gasteiger partial charge is 0.370 e. The first-order chi connectivity index (χ1) is 19.0. The number of rotatable bonds is 15. The second-order valence-electron chi connectivity index (χ2n) is 9.93. The number of aryl methyl sites for hydroxylation is 2. The van der Waals surface area contributed by atoms with Crippen LogP contribution < -0.4 is 10.6 Å². The summed E-state index contributed by atoms with van der Waals surface area (Å²) in [6.45, 7) is 2.29. The molecule has 0 bridgehead atoms. The summed E-state index contributed by atoms with van der Waals surface area (Å²) in [7, 11) is 0. The fourth-order valence-corrected chi connectivity index (χ4v) is 4.78. The molecule has 0 radical (unpaired) electrons. The molecule has 0 fully saturated rings. The highest BCUT2D eigenvalue weighted by molar-refractivity contribution is 5.62. The maximum absolute atomic E-state index is 13.0. The second kappa shape index (κ2) is 14.8. The van der Waals surface area contributed by atoms with Gasteiger partial charge in [0.25, 0.3) is 0 Å². The normalized spacial score (nSPS) is 13.9. The van der Waals surface area contributed by atoms with Gasteiger partial charge in [0.1, 0.15) is 18.0 Å². The highest BCUT2D eigenvalue weighted by Crippen LogP contribution is 2.21. The zero-order valence-corrected chi connectivity index (χ0v) is 22.1. The first-order valence-electron chi connectivity index (χ1n) is 13.7. The van der Waals surface area contributed by atoms with E-state index in [9.17, 15) is 19.0 Å². The molecule has 39 heavy (non-hydrogen) atoms. The van der Waals surface area contributed by atoms with E-state index in [0.29, 0.717) is 31.0 Å². The first-order valence-corrected chi connectivity index (χ1v) is 13.7. The van der Waals surface area contributed by atoms with E-state index < -0.39 is 18.8 Å². The highest BCUT2D eigenvalue weighted by Gasteiger charge is 2.20. The molecule has 1 aliphatic rings. The van der Waals surface area contributed by atoms with Gasteiger partial charge in [0.2, 0.25) is 6.43 Å². The summed E-state index contributed by atoms with van der Waals surface area (Å²) in [5, 5.41) is 26.5. The molecule has 0 amide bonds. The molecular formula is C29H38F2N6O2. The maximum Gasteiger partial charge on any atom is 0.239 e. The third-order valence-electron chi connectivity index (χ3n) is 6.96. The van der Waals surface area contributed by atoms with Crippen molar-refractivity contribution in [2.45, 2.75) is 63.7 Å². The fraction of sp³-hybridized carbons (Fsp3) is 0.483. The van der Waals surface area contributed by atoms with Gasteiger partial charge in [-0.3, -0.25) is 0 Å². The van der Waals surface area contributed by atoms with E-state index in [1.54, 1.807) is 6.07 Å². The van der Waals surface area contributed by atoms with Crippen LogP contribution in [0.4, 0.5) is 20.4 Å². The Morgan fingerprint density at radius 2 is 1.79 bits per heavy atom. The topological polar surface area (TPSA) is 106 Å². The van der Waals surface area contributed by atoms with Gasteiger partial charge in [-0.2, -0.15) is 0 Å². The molecule has 8 nitrogen and oxygen atoms in total. The van der Waals surface area contributed by atoms with Gasteiger partial charge in [0.15, 0.2) is 6.29 Å². The number of unbranched alkanes of at least 4 members (excludes halogenated alkanes) is 1. The van der Waals surface area contributed by atoms with E-state index >= 15 is 0 Å². The number of pyridine rings is 1. The Bertz CT molecular complexity index is 1150. The highest BCUT2D eigenvalue weighted by atomic mass is 19.3. The van der Waals surface area contributed by atoms with Crippen LogP contribution in [0.5, 0.6) is 0 Å². The quantitative estimate of drug-likeness (QED) is 0.167. The lowest BCUT2D eigenvalue weighted by Crippen LogP contribution is -2.38. The third-order valence-corrected chi connectivity index (χ3v) is 6.96. The van der Waals surface area contributed by atoms with E-state index in [1.807, 2.05) is 35.2 Å². The van der Waals surface area contributed by atoms with Crippen molar-refractivity contribution in [2.24, 2.45) is 0 Å². The van der Waals surface area contributed by atoms with Crippen LogP contribution in [-0.2, 0) is 12.8 Å². The number of aromatic nitrogens is 3. The summed E-state index contributed by atoms with van der Waals surface area (Å²) >= 11 is 0. The molecule has 0 saturated carbocycles. The van der Waals surface area contributed by atoms with Gasteiger partial charge < -0.3 is 25.7 Å². The smallest absolute Gasteiger partial charge is 0.239 e. The average molecular weight is 541 g/mol. The monoisotopic (exact) mass is 540 g/mol. The molecule has 3 heterocycles. The number of benzene rings is 1. The molecule has 210 valence electrons. The number of aliphatic hydroxyl groups excluding tert-OH is 1. The average Bonchev–Trinajstić information content (AvgIpc) is 2.95. The number of alkyl halides is 2. The lowest BCUT2D eigenvalue weighted by Gasteiger charge is -2.27. The molecule has 10 heteroatoms. The number of fused-ring (bicyclic) bond motifs is 1. The van der Waals surface area contributed by atoms with Gasteiger partial charge in [-0.15, -0.1) is 0 Å². The predicted octanol–water partition coefficient (Wildman–Crippen LogP) is 4.36. The molecule has 4 N–H and O–H groups in total. The maximum atomic E-state index is 13.0. The molecule has 1 aliphatic heterocycles. The molecule has 0 saturated heterocycles. The zero-order chi connectivity index (χ0) is 27.5. The summed E-state index contributed by atoms with van der Waals surface area (Å²) < 4.78 is 26.0. The Morgan fingerprint density at radius 3 is 2.59 bits per heavy atom. The van der Waals surface area contributed by atoms with Gasteiger partial charge in [-0.1, -0.05) is 36.4 Å². The number of halogens is 2. The zero-order valence-electron chi connectivity index (χ0n) is 22.1. The lowest BCUT2D eigenvalue weighted by atomic mass is 10.1. The summed E-state index contributed by atoms with van der Waals surface area (Å²) in [4.78, 5) is 15.2. The standard InChI is InChI=1S/C29H38F2N6O2/c30-26(31)14-18-37(16-5-4-10-23-12-11-22-9-6-15-32-28(22)35-23)17-13-24(29(38)39)36-27-19-25(33-20-34-27)21-7-2-1-3-8-21/h1-3,7-8,11-12,19-20,24,26,29,38-39H,4-6,9-10,13-18H2,(H,32,35)(H,33,34,36)/t24-/m0/s1. The predicted molar refractivity (Wildman–Crippen MR) is 149 cm³/mol. The van der Waals surface area contributed by atoms with Crippen LogP contribution in [0.15, 0.2) is 54.9 Å². The lowest BCUT2D eigenvalue weighted by molar-refractivity contribution is -0.0561. The molecule has 1 atom stereocenters. The SMILES string of the molecule is OC(O)[C@H](CCN(CCCCc1ccc2c(n1)NCCC2)CCC(F)F)Nc1cc(-c2ccccc2)ncn1. The Hall–Kier alpha value is -3.21. The van der Waals surface area contributed by atoms with E-state index in [0.717, 1.165) is 55.7 Å². The van der Waals surface area contributed by atoms with Gasteiger partial charge >= 0.3 is 0 Å². The van der Waals surface area contributed by atoms with Crippen LogP contribution in [0.1, 0.15) is 43.4 Å². The third kappa shape index (κ3) is 9.19. The molecule has 0 aliphatic carbocycles. The Kier molecular flexibility index (Phi) is 10.9. The van der Waals surface area contributed by atoms with Crippen LogP contribution >= 0.6 is 0 Å². The van der Waals surface area contributed by atoms with E-state index in [2.05, 4.69) is 32.7 Å². The van der Waals surface area contributed by atoms with Crippen LogP contribution in [0.25, 0.3) is 11.3 Å². The van der Waals surface area contributed by atoms with Crippen molar-refractivity contribution in [3.05, 3.63) is 66.1 Å². The van der Waals surface area contributed by atoms with Gasteiger partial charge in [0, 0.05) is 43.4 Å². The molecule has 0 spiro atoms. The van der Waals surface area contributed by atoms with Crippen molar-refractivity contribution in [2.75, 3.05) is 36.8 Å². The van der Waals surface area contributed by atoms with Crippen molar-refractivity contribution in [1.82, 2.24) is 19.9 Å². The van der Waals surface area contributed by atoms with Crippen molar-refractivity contribution in [3.63, 3.8) is 0 Å². The van der Waals surface area contributed by atoms with E-state index in [-0.39, 0.29) is 13.0 Å². The van der Waals surface area contributed by atoms with E-state index in [1.165, 1.54) is 11.9 Å². The van der Waals surface area contributed by atoms with Gasteiger partial charge in [-0.25, -0.2) is 23.7 Å². The number of nitrogens with zero attached hydrogens (tertiary/aromatic N) is 4. The summed E-state index contributed by atoms with van der Waals surface area (Å²) in [6.07, 6.45) is 2.27. The Morgan fingerprint density at radius 1 is 0.974 bits per heavy atom. The number of hydrogen-bond donors (Lipinski definition) is 4. The molecule has 3 aromatic rings. The molecule has 4 rings (SSSR count). The summed E-state index contributed by atoms with van der Waals surface area (Å²) in [5.41, 5.74) is 3.93. The van der Waals surface area contributed by atoms with Gasteiger partial charge in [-0.05, 0) is 56.7 Å². The van der Waals surface area contributed by atoms with Crippen molar-refractivity contribution in [3.8, 4) is 11.3 Å². The minimum absolute atomic E-state index is 0.218. The number of anilines is 2. The summed E-state index contributed by atoms with van der Waals surface area (Å²) in [6, 6.07) is 14.9. The molecule has 2 aromatic heterocycles. The Balaban J connectivity index is 1.29. The number of aliphatic hydroxyl groups is 2. The first kappa shape index (κ1) is 28.8. The molecule has 1 aromatic carbocycles. The van der Waals surface area contributed by atoms with Crippen molar-refractivity contribution in [1.29, 1.82) is 0 Å². The molecule has 0 unspecified atom stereocenters. The van der Waals surface area contributed by atoms with Crippen LogP contribution in [0.3, 0.4) is 0 Å². The number of nitrogens with one attached hydrogen (secondary N) is 2. The minimum Gasteiger partial charge on any atom is -0.370 e. The molecular weight excluding hydrogens is 502 g/mol. The van der Waals surface area contributed by atoms with Crippen LogP contribution in [0, 0.1) is 0 Å².